The third-order valence-electron chi connectivity index (χ3n) is 5.88. The zero-order valence-electron chi connectivity index (χ0n) is 21.4. The van der Waals surface area contributed by atoms with E-state index in [2.05, 4.69) is 0 Å². The van der Waals surface area contributed by atoms with Gasteiger partial charge in [0.1, 0.15) is 23.8 Å². The number of alkyl halides is 12. The van der Waals surface area contributed by atoms with E-state index in [-0.39, 0.29) is 24.8 Å². The number of ether oxygens (including phenoxy) is 2. The fourth-order valence-electron chi connectivity index (χ4n) is 4.13. The van der Waals surface area contributed by atoms with Crippen LogP contribution < -0.4 is 9.47 Å². The van der Waals surface area contributed by atoms with Crippen LogP contribution in [0.5, 0.6) is 11.5 Å². The fourth-order valence-corrected chi connectivity index (χ4v) is 4.13. The molecule has 22 heteroatoms. The van der Waals surface area contributed by atoms with Crippen molar-refractivity contribution in [3.05, 3.63) is 48.1 Å². The highest BCUT2D eigenvalue weighted by molar-refractivity contribution is 5.89. The summed E-state index contributed by atoms with van der Waals surface area (Å²) in [6, 6.07) is 0.869. The number of nitrogens with zero attached hydrogens (tertiary/aromatic N) is 4. The quantitative estimate of drug-likeness (QED) is 0.450. The molecule has 0 unspecified atom stereocenters. The summed E-state index contributed by atoms with van der Waals surface area (Å²) < 4.78 is 170. The number of carbonyl (C=O) groups is 4. The lowest BCUT2D eigenvalue weighted by Crippen LogP contribution is -2.47. The van der Waals surface area contributed by atoms with Gasteiger partial charge in [-0.25, -0.2) is 0 Å². The molecule has 0 spiro atoms. The van der Waals surface area contributed by atoms with E-state index >= 15 is 0 Å². The smallest absolute Gasteiger partial charge is 0.471 e. The summed E-state index contributed by atoms with van der Waals surface area (Å²) in [4.78, 5) is 46.8. The molecule has 0 atom stereocenters. The van der Waals surface area contributed by atoms with Crippen LogP contribution in [-0.4, -0.2) is 82.2 Å². The van der Waals surface area contributed by atoms with Gasteiger partial charge in [0.25, 0.3) is 0 Å². The highest BCUT2D eigenvalue weighted by atomic mass is 19.4. The Labute approximate surface area is 236 Å². The van der Waals surface area contributed by atoms with Crippen LogP contribution in [-0.2, 0) is 19.2 Å². The van der Waals surface area contributed by atoms with Crippen LogP contribution in [0, 0.1) is 0 Å². The van der Waals surface area contributed by atoms with E-state index in [0.29, 0.717) is 12.1 Å². The summed E-state index contributed by atoms with van der Waals surface area (Å²) in [5.41, 5.74) is -2.12. The van der Waals surface area contributed by atoms with Crippen molar-refractivity contribution in [3.63, 3.8) is 0 Å². The van der Waals surface area contributed by atoms with Crippen LogP contribution in [0.4, 0.5) is 52.7 Å². The van der Waals surface area contributed by atoms with Gasteiger partial charge in [0.15, 0.2) is 0 Å². The molecule has 3 rings (SSSR count). The van der Waals surface area contributed by atoms with E-state index in [0.717, 1.165) is 14.2 Å². The zero-order chi connectivity index (χ0) is 33.7. The molecule has 44 heavy (non-hydrogen) atoms. The molecule has 4 amide bonds. The van der Waals surface area contributed by atoms with E-state index < -0.39 is 103 Å². The predicted molar refractivity (Wildman–Crippen MR) is 115 cm³/mol. The van der Waals surface area contributed by atoms with Crippen molar-refractivity contribution in [2.24, 2.45) is 0 Å². The van der Waals surface area contributed by atoms with Crippen LogP contribution in [0.15, 0.2) is 36.9 Å². The number of amides is 4. The summed E-state index contributed by atoms with van der Waals surface area (Å²) in [7, 11) is 1.53. The molecule has 0 aliphatic carbocycles. The Morgan fingerprint density at radius 1 is 0.500 bits per heavy atom. The second-order valence-corrected chi connectivity index (χ2v) is 8.52. The summed E-state index contributed by atoms with van der Waals surface area (Å²) in [6.07, 6.45) is -28.3. The van der Waals surface area contributed by atoms with Crippen LogP contribution >= 0.6 is 0 Å². The largest absolute Gasteiger partial charge is 0.496 e. The van der Waals surface area contributed by atoms with Crippen molar-refractivity contribution in [1.29, 1.82) is 0 Å². The lowest BCUT2D eigenvalue weighted by atomic mass is 10.0. The Morgan fingerprint density at radius 2 is 0.727 bits per heavy atom. The highest BCUT2D eigenvalue weighted by Crippen LogP contribution is 2.47. The number of halogens is 12. The minimum Gasteiger partial charge on any atom is -0.496 e. The Hall–Kier alpha value is -4.66. The van der Waals surface area contributed by atoms with E-state index in [1.165, 1.54) is 0 Å². The summed E-state index contributed by atoms with van der Waals surface area (Å²) in [6.45, 7) is 0. The summed E-state index contributed by atoms with van der Waals surface area (Å²) in [5, 5.41) is 0. The monoisotopic (exact) mass is 658 g/mol. The normalized spacial score (nSPS) is 16.7. The first-order valence-corrected chi connectivity index (χ1v) is 11.2. The maximum Gasteiger partial charge on any atom is 0.471 e. The summed E-state index contributed by atoms with van der Waals surface area (Å²) in [5.74, 6) is -13.0. The molecule has 2 aliphatic heterocycles. The number of benzene rings is 1. The molecule has 0 bridgehead atoms. The Bertz CT molecular complexity index is 1240. The minimum atomic E-state index is -5.79. The zero-order valence-corrected chi connectivity index (χ0v) is 21.4. The molecule has 2 heterocycles. The van der Waals surface area contributed by atoms with Crippen LogP contribution in [0.1, 0.15) is 23.5 Å². The number of hydrogen-bond acceptors (Lipinski definition) is 6. The van der Waals surface area contributed by atoms with Gasteiger partial charge in [-0.15, -0.1) is 0 Å². The van der Waals surface area contributed by atoms with Gasteiger partial charge in [-0.05, 0) is 6.07 Å². The van der Waals surface area contributed by atoms with Gasteiger partial charge in [0.05, 0.1) is 14.2 Å². The second kappa shape index (κ2) is 11.1. The predicted octanol–water partition coefficient (Wildman–Crippen LogP) is 4.23. The standard InChI is InChI=1S/C22H14F12N4O6/c1-43-11-8-12(44-2)10(14-37(17(41)21(29,30)31)5-6-38(14)18(42)22(32,33)34)7-9(11)13-35(15(39)19(23,24)25)3-4-36(13)16(40)20(26,27)28/h3-8,13-14H,1-2H3. The minimum absolute atomic E-state index is 0.101. The molecule has 0 aromatic heterocycles. The second-order valence-electron chi connectivity index (χ2n) is 8.52. The Kier molecular flexibility index (Phi) is 8.55. The number of rotatable bonds is 4. The number of methoxy groups -OCH3 is 2. The van der Waals surface area contributed by atoms with Crippen LogP contribution in [0.3, 0.4) is 0 Å². The van der Waals surface area contributed by atoms with Crippen LogP contribution in [0.25, 0.3) is 0 Å². The molecular weight excluding hydrogens is 644 g/mol. The fraction of sp³-hybridized carbons (Fsp3) is 0.364. The third-order valence-corrected chi connectivity index (χ3v) is 5.88. The van der Waals surface area contributed by atoms with Crippen molar-refractivity contribution in [3.8, 4) is 11.5 Å². The van der Waals surface area contributed by atoms with E-state index in [1.807, 2.05) is 0 Å². The van der Waals surface area contributed by atoms with Crippen molar-refractivity contribution in [2.45, 2.75) is 37.0 Å². The first kappa shape index (κ1) is 33.8. The molecule has 242 valence electrons. The lowest BCUT2D eigenvalue weighted by Gasteiger charge is -2.35. The number of carbonyl (C=O) groups excluding carboxylic acids is 4. The highest BCUT2D eigenvalue weighted by Gasteiger charge is 2.55. The molecule has 0 N–H and O–H groups in total. The summed E-state index contributed by atoms with van der Waals surface area (Å²) >= 11 is 0. The van der Waals surface area contributed by atoms with Crippen molar-refractivity contribution < 1.29 is 81.3 Å². The van der Waals surface area contributed by atoms with E-state index in [4.69, 9.17) is 9.47 Å². The van der Waals surface area contributed by atoms with Crippen molar-refractivity contribution >= 4 is 23.6 Å². The SMILES string of the molecule is COc1cc(OC)c(C2N(C(=O)C(F)(F)F)C=CN2C(=O)C(F)(F)F)cc1C1N(C(=O)C(F)(F)F)C=CN1C(=O)C(F)(F)F. The molecule has 0 saturated carbocycles. The van der Waals surface area contributed by atoms with Gasteiger partial charge in [-0.2, -0.15) is 52.7 Å². The first-order chi connectivity index (χ1) is 20.0. The Morgan fingerprint density at radius 3 is 0.909 bits per heavy atom. The molecule has 0 saturated heterocycles. The maximum absolute atomic E-state index is 13.4. The maximum atomic E-state index is 13.4. The average Bonchev–Trinajstić information content (AvgIpc) is 3.53. The average molecular weight is 658 g/mol. The van der Waals surface area contributed by atoms with Crippen molar-refractivity contribution in [1.82, 2.24) is 19.6 Å². The molecule has 0 fully saturated rings. The van der Waals surface area contributed by atoms with Gasteiger partial charge in [-0.3, -0.25) is 38.8 Å². The third kappa shape index (κ3) is 6.18. The molecular formula is C22H14F12N4O6. The first-order valence-electron chi connectivity index (χ1n) is 11.2. The molecule has 1 aromatic rings. The molecule has 2 aliphatic rings. The van der Waals surface area contributed by atoms with Crippen LogP contribution in [0.2, 0.25) is 0 Å². The van der Waals surface area contributed by atoms with Gasteiger partial charge in [0, 0.05) is 42.0 Å². The lowest BCUT2D eigenvalue weighted by molar-refractivity contribution is -0.194. The topological polar surface area (TPSA) is 99.7 Å². The molecule has 10 nitrogen and oxygen atoms in total. The van der Waals surface area contributed by atoms with Gasteiger partial charge in [-0.1, -0.05) is 0 Å². The van der Waals surface area contributed by atoms with Crippen molar-refractivity contribution in [2.75, 3.05) is 14.2 Å². The molecule has 1 aromatic carbocycles. The molecule has 0 radical (unpaired) electrons. The van der Waals surface area contributed by atoms with E-state index in [9.17, 15) is 71.9 Å². The van der Waals surface area contributed by atoms with Gasteiger partial charge < -0.3 is 9.47 Å². The van der Waals surface area contributed by atoms with Gasteiger partial charge in [0.2, 0.25) is 0 Å². The Balaban J connectivity index is 2.37. The van der Waals surface area contributed by atoms with E-state index in [1.54, 1.807) is 0 Å². The number of hydrogen-bond donors (Lipinski definition) is 0. The van der Waals surface area contributed by atoms with Gasteiger partial charge >= 0.3 is 48.3 Å².